The molecule has 1 aliphatic carbocycles. The Morgan fingerprint density at radius 2 is 1.73 bits per heavy atom. The molecule has 0 aromatic heterocycles. The lowest BCUT2D eigenvalue weighted by atomic mass is 9.85. The van der Waals surface area contributed by atoms with E-state index in [1.54, 1.807) is 0 Å². The summed E-state index contributed by atoms with van der Waals surface area (Å²) in [6.45, 7) is 4.74. The maximum absolute atomic E-state index is 11.5. The summed E-state index contributed by atoms with van der Waals surface area (Å²) in [5.74, 6) is -1.81. The van der Waals surface area contributed by atoms with Gasteiger partial charge in [0, 0.05) is 30.7 Å². The van der Waals surface area contributed by atoms with Crippen molar-refractivity contribution in [3.8, 4) is 0 Å². The molecule has 0 spiro atoms. The maximum atomic E-state index is 11.5. The number of carbonyl (C=O) groups is 2. The van der Waals surface area contributed by atoms with Gasteiger partial charge in [0.15, 0.2) is 0 Å². The van der Waals surface area contributed by atoms with Gasteiger partial charge < -0.3 is 9.47 Å². The SMILES string of the molecule is CCC1[C@@H](c2ccc(Br)cc2)CCC1(OC(C)=O)OC(C)=O. The van der Waals surface area contributed by atoms with Crippen LogP contribution in [0.4, 0.5) is 0 Å². The molecular weight excluding hydrogens is 348 g/mol. The second kappa shape index (κ2) is 6.82. The van der Waals surface area contributed by atoms with Gasteiger partial charge in [-0.15, -0.1) is 0 Å². The Morgan fingerprint density at radius 1 is 1.18 bits per heavy atom. The zero-order chi connectivity index (χ0) is 16.3. The van der Waals surface area contributed by atoms with Crippen molar-refractivity contribution in [3.05, 3.63) is 34.3 Å². The lowest BCUT2D eigenvalue weighted by molar-refractivity contribution is -0.239. The van der Waals surface area contributed by atoms with Crippen molar-refractivity contribution in [1.82, 2.24) is 0 Å². The van der Waals surface area contributed by atoms with E-state index in [1.165, 1.54) is 19.4 Å². The molecule has 1 aromatic rings. The van der Waals surface area contributed by atoms with Crippen molar-refractivity contribution in [2.45, 2.75) is 51.7 Å². The molecule has 2 rings (SSSR count). The molecular formula is C17H21BrO4. The van der Waals surface area contributed by atoms with Crippen LogP contribution in [0.2, 0.25) is 0 Å². The molecule has 4 nitrogen and oxygen atoms in total. The van der Waals surface area contributed by atoms with Crippen LogP contribution in [-0.2, 0) is 19.1 Å². The summed E-state index contributed by atoms with van der Waals surface area (Å²) in [6.07, 6.45) is 2.12. The van der Waals surface area contributed by atoms with Crippen molar-refractivity contribution in [2.75, 3.05) is 0 Å². The first-order valence-electron chi connectivity index (χ1n) is 7.52. The second-order valence-electron chi connectivity index (χ2n) is 5.71. The minimum Gasteiger partial charge on any atom is -0.422 e. The smallest absolute Gasteiger partial charge is 0.305 e. The topological polar surface area (TPSA) is 52.6 Å². The molecule has 2 atom stereocenters. The molecule has 1 aliphatic rings. The second-order valence-corrected chi connectivity index (χ2v) is 6.63. The minimum absolute atomic E-state index is 0.0403. The summed E-state index contributed by atoms with van der Waals surface area (Å²) >= 11 is 3.44. The van der Waals surface area contributed by atoms with Gasteiger partial charge in [-0.2, -0.15) is 0 Å². The summed E-state index contributed by atoms with van der Waals surface area (Å²) < 4.78 is 12.0. The molecule has 1 unspecified atom stereocenters. The Morgan fingerprint density at radius 3 is 2.18 bits per heavy atom. The van der Waals surface area contributed by atoms with Gasteiger partial charge in [-0.05, 0) is 36.5 Å². The van der Waals surface area contributed by atoms with Crippen molar-refractivity contribution in [2.24, 2.45) is 5.92 Å². The predicted octanol–water partition coefficient (Wildman–Crippen LogP) is 4.18. The van der Waals surface area contributed by atoms with E-state index < -0.39 is 17.7 Å². The van der Waals surface area contributed by atoms with Crippen molar-refractivity contribution < 1.29 is 19.1 Å². The van der Waals surface area contributed by atoms with Crippen molar-refractivity contribution in [3.63, 3.8) is 0 Å². The molecule has 0 bridgehead atoms. The fourth-order valence-corrected chi connectivity index (χ4v) is 3.78. The van der Waals surface area contributed by atoms with Crippen LogP contribution in [0.15, 0.2) is 28.7 Å². The molecule has 1 saturated carbocycles. The fraction of sp³-hybridized carbons (Fsp3) is 0.529. The van der Waals surface area contributed by atoms with E-state index in [1.807, 2.05) is 19.1 Å². The van der Waals surface area contributed by atoms with Crippen LogP contribution in [0.5, 0.6) is 0 Å². The Bertz CT molecular complexity index is 536. The number of esters is 2. The van der Waals surface area contributed by atoms with Gasteiger partial charge in [-0.1, -0.05) is 35.0 Å². The summed E-state index contributed by atoms with van der Waals surface area (Å²) in [6, 6.07) is 8.13. The largest absolute Gasteiger partial charge is 0.422 e. The highest BCUT2D eigenvalue weighted by Crippen LogP contribution is 2.50. The monoisotopic (exact) mass is 368 g/mol. The van der Waals surface area contributed by atoms with Crippen LogP contribution in [0, 0.1) is 5.92 Å². The highest BCUT2D eigenvalue weighted by Gasteiger charge is 2.53. The number of rotatable bonds is 4. The van der Waals surface area contributed by atoms with Crippen LogP contribution in [-0.4, -0.2) is 17.7 Å². The van der Waals surface area contributed by atoms with E-state index in [0.29, 0.717) is 6.42 Å². The molecule has 0 aliphatic heterocycles. The third kappa shape index (κ3) is 3.51. The lowest BCUT2D eigenvalue weighted by Gasteiger charge is -2.35. The third-order valence-corrected chi connectivity index (χ3v) is 4.75. The Hall–Kier alpha value is -1.36. The summed E-state index contributed by atoms with van der Waals surface area (Å²) in [7, 11) is 0. The van der Waals surface area contributed by atoms with E-state index in [-0.39, 0.29) is 11.8 Å². The normalized spacial score (nSPS) is 23.1. The van der Waals surface area contributed by atoms with E-state index in [0.717, 1.165) is 17.3 Å². The number of carbonyl (C=O) groups excluding carboxylic acids is 2. The van der Waals surface area contributed by atoms with Crippen molar-refractivity contribution in [1.29, 1.82) is 0 Å². The molecule has 0 amide bonds. The first kappa shape index (κ1) is 17.0. The molecule has 5 heteroatoms. The predicted molar refractivity (Wildman–Crippen MR) is 86.2 cm³/mol. The maximum Gasteiger partial charge on any atom is 0.305 e. The van der Waals surface area contributed by atoms with Gasteiger partial charge >= 0.3 is 11.9 Å². The first-order chi connectivity index (χ1) is 10.4. The van der Waals surface area contributed by atoms with Crippen LogP contribution in [0.1, 0.15) is 51.5 Å². The van der Waals surface area contributed by atoms with E-state index in [2.05, 4.69) is 28.1 Å². The molecule has 0 heterocycles. The number of ether oxygens (including phenoxy) is 2. The fourth-order valence-electron chi connectivity index (χ4n) is 3.52. The summed E-state index contributed by atoms with van der Waals surface area (Å²) in [5.41, 5.74) is 1.18. The minimum atomic E-state index is -1.13. The molecule has 0 radical (unpaired) electrons. The van der Waals surface area contributed by atoms with Gasteiger partial charge in [-0.25, -0.2) is 0 Å². The summed E-state index contributed by atoms with van der Waals surface area (Å²) in [4.78, 5) is 23.0. The average molecular weight is 369 g/mol. The molecule has 0 N–H and O–H groups in total. The van der Waals surface area contributed by atoms with Gasteiger partial charge in [0.1, 0.15) is 0 Å². The number of hydrogen-bond donors (Lipinski definition) is 0. The highest BCUT2D eigenvalue weighted by atomic mass is 79.9. The zero-order valence-corrected chi connectivity index (χ0v) is 14.7. The van der Waals surface area contributed by atoms with Crippen LogP contribution >= 0.6 is 15.9 Å². The van der Waals surface area contributed by atoms with Crippen LogP contribution < -0.4 is 0 Å². The Labute approximate surface area is 139 Å². The third-order valence-electron chi connectivity index (χ3n) is 4.23. The molecule has 1 aromatic carbocycles. The Kier molecular flexibility index (Phi) is 5.27. The van der Waals surface area contributed by atoms with E-state index in [9.17, 15) is 9.59 Å². The van der Waals surface area contributed by atoms with Gasteiger partial charge in [-0.3, -0.25) is 9.59 Å². The van der Waals surface area contributed by atoms with Crippen molar-refractivity contribution >= 4 is 27.9 Å². The lowest BCUT2D eigenvalue weighted by Crippen LogP contribution is -2.43. The first-order valence-corrected chi connectivity index (χ1v) is 8.32. The summed E-state index contributed by atoms with van der Waals surface area (Å²) in [5, 5.41) is 0. The van der Waals surface area contributed by atoms with Crippen LogP contribution in [0.25, 0.3) is 0 Å². The zero-order valence-electron chi connectivity index (χ0n) is 13.1. The highest BCUT2D eigenvalue weighted by molar-refractivity contribution is 9.10. The number of halogens is 1. The van der Waals surface area contributed by atoms with Gasteiger partial charge in [0.2, 0.25) is 0 Å². The Balaban J connectivity index is 2.34. The van der Waals surface area contributed by atoms with E-state index >= 15 is 0 Å². The van der Waals surface area contributed by atoms with Gasteiger partial charge in [0.05, 0.1) is 0 Å². The molecule has 22 heavy (non-hydrogen) atoms. The molecule has 120 valence electrons. The quantitative estimate of drug-likeness (QED) is 0.590. The number of benzene rings is 1. The standard InChI is InChI=1S/C17H21BrO4/c1-4-16-15(13-5-7-14(18)8-6-13)9-10-17(16,21-11(2)19)22-12(3)20/h5-8,15-16H,4,9-10H2,1-3H3/t15-,16?/m1/s1. The molecule has 1 fully saturated rings. The van der Waals surface area contributed by atoms with E-state index in [4.69, 9.17) is 9.47 Å². The van der Waals surface area contributed by atoms with Gasteiger partial charge in [0.25, 0.3) is 5.79 Å². The van der Waals surface area contributed by atoms with Crippen LogP contribution in [0.3, 0.4) is 0 Å². The number of hydrogen-bond acceptors (Lipinski definition) is 4. The molecule has 0 saturated heterocycles. The average Bonchev–Trinajstić information content (AvgIpc) is 2.75.